The monoisotopic (exact) mass is 346 g/mol. The highest BCUT2D eigenvalue weighted by molar-refractivity contribution is 5.81. The Balaban J connectivity index is 1.56. The highest BCUT2D eigenvalue weighted by Crippen LogP contribution is 2.28. The molecule has 1 amide bonds. The normalized spacial score (nSPS) is 10.2. The molecule has 3 rings (SSSR count). The van der Waals surface area contributed by atoms with Crippen LogP contribution < -0.4 is 15.4 Å². The second-order valence-corrected chi connectivity index (χ2v) is 5.97. The second kappa shape index (κ2) is 8.72. The number of benzene rings is 3. The molecule has 0 unspecified atom stereocenters. The number of rotatable bonds is 7. The lowest BCUT2D eigenvalue weighted by Crippen LogP contribution is -2.29. The summed E-state index contributed by atoms with van der Waals surface area (Å²) in [6, 6.07) is 25.2. The van der Waals surface area contributed by atoms with Crippen LogP contribution in [0.5, 0.6) is 11.5 Å². The van der Waals surface area contributed by atoms with Crippen molar-refractivity contribution in [1.82, 2.24) is 5.32 Å². The van der Waals surface area contributed by atoms with Crippen molar-refractivity contribution in [2.24, 2.45) is 0 Å². The number of nitrogens with one attached hydrogen (secondary N) is 2. The van der Waals surface area contributed by atoms with E-state index in [9.17, 15) is 4.79 Å². The van der Waals surface area contributed by atoms with E-state index in [0.717, 1.165) is 17.0 Å². The van der Waals surface area contributed by atoms with Crippen LogP contribution in [0, 0.1) is 6.92 Å². The number of para-hydroxylation sites is 3. The molecule has 0 aliphatic heterocycles. The molecule has 0 saturated carbocycles. The minimum atomic E-state index is -0.0669. The fourth-order valence-corrected chi connectivity index (χ4v) is 2.56. The summed E-state index contributed by atoms with van der Waals surface area (Å²) in [6.45, 7) is 2.74. The van der Waals surface area contributed by atoms with Gasteiger partial charge in [-0.3, -0.25) is 4.79 Å². The maximum absolute atomic E-state index is 12.2. The van der Waals surface area contributed by atoms with Crippen LogP contribution in [0.25, 0.3) is 0 Å². The van der Waals surface area contributed by atoms with Gasteiger partial charge in [-0.2, -0.15) is 0 Å². The largest absolute Gasteiger partial charge is 0.455 e. The zero-order chi connectivity index (χ0) is 18.2. The van der Waals surface area contributed by atoms with Gasteiger partial charge in [-0.05, 0) is 42.3 Å². The molecule has 26 heavy (non-hydrogen) atoms. The third-order valence-corrected chi connectivity index (χ3v) is 4.03. The lowest BCUT2D eigenvalue weighted by molar-refractivity contribution is -0.119. The van der Waals surface area contributed by atoms with Crippen molar-refractivity contribution in [3.05, 3.63) is 90.0 Å². The molecule has 0 aromatic heterocycles. The molecule has 0 heterocycles. The summed E-state index contributed by atoms with van der Waals surface area (Å²) in [5, 5.41) is 6.08. The summed E-state index contributed by atoms with van der Waals surface area (Å²) in [7, 11) is 0. The first-order valence-corrected chi connectivity index (χ1v) is 8.59. The zero-order valence-electron chi connectivity index (χ0n) is 14.7. The molecule has 0 spiro atoms. The summed E-state index contributed by atoms with van der Waals surface area (Å²) in [5.41, 5.74) is 3.07. The Bertz CT molecular complexity index is 863. The van der Waals surface area contributed by atoms with Gasteiger partial charge in [0.1, 0.15) is 5.75 Å². The summed E-state index contributed by atoms with van der Waals surface area (Å²) in [4.78, 5) is 12.2. The fraction of sp³-hybridized carbons (Fsp3) is 0.136. The smallest absolute Gasteiger partial charge is 0.239 e. The number of carbonyl (C=O) groups excluding carboxylic acids is 1. The van der Waals surface area contributed by atoms with Gasteiger partial charge in [0.25, 0.3) is 0 Å². The van der Waals surface area contributed by atoms with Gasteiger partial charge < -0.3 is 15.4 Å². The van der Waals surface area contributed by atoms with Gasteiger partial charge in [0.05, 0.1) is 12.2 Å². The van der Waals surface area contributed by atoms with Gasteiger partial charge in [-0.15, -0.1) is 0 Å². The van der Waals surface area contributed by atoms with Crippen LogP contribution in [0.4, 0.5) is 5.69 Å². The molecule has 0 atom stereocenters. The van der Waals surface area contributed by atoms with Gasteiger partial charge in [0.15, 0.2) is 5.75 Å². The third kappa shape index (κ3) is 4.86. The summed E-state index contributed by atoms with van der Waals surface area (Å²) >= 11 is 0. The van der Waals surface area contributed by atoms with E-state index in [4.69, 9.17) is 4.74 Å². The first-order chi connectivity index (χ1) is 12.7. The van der Waals surface area contributed by atoms with Crippen molar-refractivity contribution in [3.8, 4) is 11.5 Å². The van der Waals surface area contributed by atoms with Crippen molar-refractivity contribution < 1.29 is 9.53 Å². The van der Waals surface area contributed by atoms with Crippen LogP contribution in [-0.2, 0) is 11.3 Å². The number of hydrogen-bond acceptors (Lipinski definition) is 3. The first kappa shape index (κ1) is 17.5. The van der Waals surface area contributed by atoms with Gasteiger partial charge in [-0.25, -0.2) is 0 Å². The number of ether oxygens (including phenoxy) is 1. The van der Waals surface area contributed by atoms with E-state index >= 15 is 0 Å². The molecule has 0 saturated heterocycles. The van der Waals surface area contributed by atoms with Gasteiger partial charge in [-0.1, -0.05) is 54.6 Å². The molecule has 3 aromatic rings. The number of anilines is 1. The Morgan fingerprint density at radius 2 is 1.58 bits per heavy atom. The van der Waals surface area contributed by atoms with Gasteiger partial charge in [0.2, 0.25) is 5.91 Å². The minimum Gasteiger partial charge on any atom is -0.455 e. The van der Waals surface area contributed by atoms with Crippen LogP contribution in [0.2, 0.25) is 0 Å². The van der Waals surface area contributed by atoms with Crippen LogP contribution in [0.3, 0.4) is 0 Å². The highest BCUT2D eigenvalue weighted by Gasteiger charge is 2.07. The molecule has 0 radical (unpaired) electrons. The molecular weight excluding hydrogens is 324 g/mol. The molecule has 0 aliphatic rings. The molecule has 3 aromatic carbocycles. The molecule has 4 nitrogen and oxygen atoms in total. The van der Waals surface area contributed by atoms with E-state index in [2.05, 4.69) is 10.6 Å². The van der Waals surface area contributed by atoms with Gasteiger partial charge >= 0.3 is 0 Å². The van der Waals surface area contributed by atoms with Crippen LogP contribution in [0.1, 0.15) is 11.1 Å². The standard InChI is InChI=1S/C22H22N2O2/c1-17-9-5-6-10-18(17)15-24-22(25)16-23-20-13-7-8-14-21(20)26-19-11-3-2-4-12-19/h2-14,23H,15-16H2,1H3,(H,24,25). The fourth-order valence-electron chi connectivity index (χ4n) is 2.56. The number of hydrogen-bond donors (Lipinski definition) is 2. The Kier molecular flexibility index (Phi) is 5.88. The summed E-state index contributed by atoms with van der Waals surface area (Å²) in [6.07, 6.45) is 0. The SMILES string of the molecule is Cc1ccccc1CNC(=O)CNc1ccccc1Oc1ccccc1. The van der Waals surface area contributed by atoms with Crippen molar-refractivity contribution >= 4 is 11.6 Å². The quantitative estimate of drug-likeness (QED) is 0.661. The predicted molar refractivity (Wildman–Crippen MR) is 104 cm³/mol. The number of aryl methyl sites for hydroxylation is 1. The minimum absolute atomic E-state index is 0.0669. The summed E-state index contributed by atoms with van der Waals surface area (Å²) in [5.74, 6) is 1.37. The van der Waals surface area contributed by atoms with E-state index in [1.807, 2.05) is 85.8 Å². The van der Waals surface area contributed by atoms with Gasteiger partial charge in [0, 0.05) is 6.54 Å². The highest BCUT2D eigenvalue weighted by atomic mass is 16.5. The lowest BCUT2D eigenvalue weighted by atomic mass is 10.1. The van der Waals surface area contributed by atoms with E-state index in [0.29, 0.717) is 12.3 Å². The predicted octanol–water partition coefficient (Wildman–Crippen LogP) is 4.52. The van der Waals surface area contributed by atoms with Crippen LogP contribution in [-0.4, -0.2) is 12.5 Å². The van der Waals surface area contributed by atoms with E-state index < -0.39 is 0 Å². The van der Waals surface area contributed by atoms with Crippen molar-refractivity contribution in [2.45, 2.75) is 13.5 Å². The Morgan fingerprint density at radius 3 is 2.38 bits per heavy atom. The Labute approximate surface area is 153 Å². The maximum atomic E-state index is 12.2. The number of carbonyl (C=O) groups is 1. The van der Waals surface area contributed by atoms with Crippen molar-refractivity contribution in [1.29, 1.82) is 0 Å². The van der Waals surface area contributed by atoms with Crippen molar-refractivity contribution in [2.75, 3.05) is 11.9 Å². The van der Waals surface area contributed by atoms with E-state index in [1.165, 1.54) is 5.56 Å². The zero-order valence-corrected chi connectivity index (χ0v) is 14.7. The summed E-state index contributed by atoms with van der Waals surface area (Å²) < 4.78 is 5.89. The lowest BCUT2D eigenvalue weighted by Gasteiger charge is -2.13. The molecule has 0 fully saturated rings. The molecule has 4 heteroatoms. The third-order valence-electron chi connectivity index (χ3n) is 4.03. The average molecular weight is 346 g/mol. The number of amides is 1. The Hall–Kier alpha value is -3.27. The second-order valence-electron chi connectivity index (χ2n) is 5.97. The molecule has 2 N–H and O–H groups in total. The molecule has 132 valence electrons. The molecule has 0 aliphatic carbocycles. The maximum Gasteiger partial charge on any atom is 0.239 e. The Morgan fingerprint density at radius 1 is 0.885 bits per heavy atom. The van der Waals surface area contributed by atoms with Crippen LogP contribution in [0.15, 0.2) is 78.9 Å². The molecular formula is C22H22N2O2. The average Bonchev–Trinajstić information content (AvgIpc) is 2.67. The van der Waals surface area contributed by atoms with E-state index in [1.54, 1.807) is 0 Å². The van der Waals surface area contributed by atoms with Crippen molar-refractivity contribution in [3.63, 3.8) is 0 Å². The topological polar surface area (TPSA) is 50.4 Å². The molecule has 0 bridgehead atoms. The first-order valence-electron chi connectivity index (χ1n) is 8.59. The van der Waals surface area contributed by atoms with E-state index in [-0.39, 0.29) is 12.5 Å². The van der Waals surface area contributed by atoms with Crippen LogP contribution >= 0.6 is 0 Å².